The van der Waals surface area contributed by atoms with Crippen LogP contribution in [0.1, 0.15) is 19.0 Å². The summed E-state index contributed by atoms with van der Waals surface area (Å²) in [5.41, 5.74) is 8.22. The Balaban J connectivity index is 2.42. The number of nitrogens with two attached hydrogens (primary N) is 1. The minimum absolute atomic E-state index is 0.0693. The van der Waals surface area contributed by atoms with E-state index < -0.39 is 5.54 Å². The molecule has 0 aliphatic carbocycles. The van der Waals surface area contributed by atoms with E-state index in [1.807, 2.05) is 31.3 Å². The summed E-state index contributed by atoms with van der Waals surface area (Å²) in [7, 11) is 0. The molecule has 0 amide bonds. The van der Waals surface area contributed by atoms with Gasteiger partial charge in [0.2, 0.25) is 0 Å². The van der Waals surface area contributed by atoms with Crippen LogP contribution >= 0.6 is 0 Å². The van der Waals surface area contributed by atoms with Gasteiger partial charge in [0.15, 0.2) is 0 Å². The Kier molecular flexibility index (Phi) is 2.46. The molecule has 0 aliphatic heterocycles. The minimum atomic E-state index is -0.569. The fraction of sp³-hybridized carbons (Fsp3) is 0.364. The minimum Gasteiger partial charge on any atom is -0.396 e. The fourth-order valence-corrected chi connectivity index (χ4v) is 1.61. The average Bonchev–Trinajstić information content (AvgIpc) is 2.63. The van der Waals surface area contributed by atoms with Crippen molar-refractivity contribution in [3.63, 3.8) is 0 Å². The lowest BCUT2D eigenvalue weighted by Gasteiger charge is -2.22. The van der Waals surface area contributed by atoms with Gasteiger partial charge in [-0.2, -0.15) is 0 Å². The Labute approximate surface area is 88.1 Å². The number of aromatic nitrogens is 2. The van der Waals surface area contributed by atoms with Crippen LogP contribution in [-0.4, -0.2) is 21.7 Å². The van der Waals surface area contributed by atoms with Crippen molar-refractivity contribution in [2.75, 3.05) is 6.61 Å². The Hall–Kier alpha value is -1.39. The first-order valence-electron chi connectivity index (χ1n) is 4.98. The van der Waals surface area contributed by atoms with Crippen molar-refractivity contribution >= 4 is 11.0 Å². The van der Waals surface area contributed by atoms with Crippen LogP contribution in [0.5, 0.6) is 0 Å². The van der Waals surface area contributed by atoms with Gasteiger partial charge in [0, 0.05) is 12.8 Å². The normalized spacial score (nSPS) is 15.4. The SMILES string of the molecule is CC(N)(CCO)c1ccc2[nH]ccc2n1. The first-order valence-corrected chi connectivity index (χ1v) is 4.98. The molecule has 0 saturated carbocycles. The lowest BCUT2D eigenvalue weighted by molar-refractivity contribution is 0.245. The average molecular weight is 205 g/mol. The zero-order valence-electron chi connectivity index (χ0n) is 8.70. The summed E-state index contributed by atoms with van der Waals surface area (Å²) in [6, 6.07) is 5.77. The second kappa shape index (κ2) is 3.64. The van der Waals surface area contributed by atoms with Crippen LogP contribution in [-0.2, 0) is 5.54 Å². The second-order valence-electron chi connectivity index (χ2n) is 4.00. The maximum Gasteiger partial charge on any atom is 0.0882 e. The zero-order valence-corrected chi connectivity index (χ0v) is 8.70. The van der Waals surface area contributed by atoms with Gasteiger partial charge in [-0.05, 0) is 31.5 Å². The van der Waals surface area contributed by atoms with E-state index in [1.165, 1.54) is 0 Å². The number of nitrogens with zero attached hydrogens (tertiary/aromatic N) is 1. The number of hydrogen-bond donors (Lipinski definition) is 3. The van der Waals surface area contributed by atoms with E-state index in [4.69, 9.17) is 10.8 Å². The molecule has 2 aromatic heterocycles. The van der Waals surface area contributed by atoms with Crippen LogP contribution < -0.4 is 5.73 Å². The molecule has 2 heterocycles. The van der Waals surface area contributed by atoms with E-state index in [0.29, 0.717) is 6.42 Å². The van der Waals surface area contributed by atoms with Crippen molar-refractivity contribution in [2.24, 2.45) is 5.73 Å². The van der Waals surface area contributed by atoms with Gasteiger partial charge in [0.1, 0.15) is 0 Å². The van der Waals surface area contributed by atoms with E-state index in [9.17, 15) is 0 Å². The number of aliphatic hydroxyl groups is 1. The van der Waals surface area contributed by atoms with Crippen molar-refractivity contribution in [2.45, 2.75) is 18.9 Å². The van der Waals surface area contributed by atoms with Crippen LogP contribution in [0, 0.1) is 0 Å². The molecule has 0 aromatic carbocycles. The van der Waals surface area contributed by atoms with E-state index in [2.05, 4.69) is 9.97 Å². The van der Waals surface area contributed by atoms with E-state index in [-0.39, 0.29) is 6.61 Å². The smallest absolute Gasteiger partial charge is 0.0882 e. The molecule has 0 radical (unpaired) electrons. The summed E-state index contributed by atoms with van der Waals surface area (Å²) in [6.45, 7) is 1.95. The third-order valence-electron chi connectivity index (χ3n) is 2.62. The molecule has 0 saturated heterocycles. The van der Waals surface area contributed by atoms with E-state index in [1.54, 1.807) is 0 Å². The van der Waals surface area contributed by atoms with Gasteiger partial charge in [0.05, 0.1) is 22.3 Å². The van der Waals surface area contributed by atoms with Crippen LogP contribution in [0.25, 0.3) is 11.0 Å². The van der Waals surface area contributed by atoms with Crippen molar-refractivity contribution in [3.05, 3.63) is 30.1 Å². The predicted octanol–water partition coefficient (Wildman–Crippen LogP) is 1.12. The summed E-state index contributed by atoms with van der Waals surface area (Å²) in [5, 5.41) is 8.92. The molecule has 2 aromatic rings. The Morgan fingerprint density at radius 1 is 1.47 bits per heavy atom. The maximum atomic E-state index is 8.92. The highest BCUT2D eigenvalue weighted by Crippen LogP contribution is 2.21. The molecule has 1 atom stereocenters. The van der Waals surface area contributed by atoms with Gasteiger partial charge in [0.25, 0.3) is 0 Å². The Bertz CT molecular complexity index is 462. The number of H-pyrrole nitrogens is 1. The zero-order chi connectivity index (χ0) is 10.9. The molecule has 0 bridgehead atoms. The molecular weight excluding hydrogens is 190 g/mol. The first-order chi connectivity index (χ1) is 7.13. The topological polar surface area (TPSA) is 74.9 Å². The fourth-order valence-electron chi connectivity index (χ4n) is 1.61. The number of fused-ring (bicyclic) bond motifs is 1. The lowest BCUT2D eigenvalue weighted by atomic mass is 9.95. The number of hydrogen-bond acceptors (Lipinski definition) is 3. The molecular formula is C11H15N3O. The van der Waals surface area contributed by atoms with E-state index in [0.717, 1.165) is 16.7 Å². The van der Waals surface area contributed by atoms with Gasteiger partial charge in [-0.1, -0.05) is 0 Å². The summed E-state index contributed by atoms with van der Waals surface area (Å²) in [4.78, 5) is 7.54. The van der Waals surface area contributed by atoms with Gasteiger partial charge in [-0.15, -0.1) is 0 Å². The summed E-state index contributed by atoms with van der Waals surface area (Å²) in [5.74, 6) is 0. The number of aliphatic hydroxyl groups excluding tert-OH is 1. The van der Waals surface area contributed by atoms with E-state index >= 15 is 0 Å². The van der Waals surface area contributed by atoms with Crippen LogP contribution in [0.4, 0.5) is 0 Å². The highest BCUT2D eigenvalue weighted by Gasteiger charge is 2.22. The molecule has 0 fully saturated rings. The Morgan fingerprint density at radius 3 is 3.00 bits per heavy atom. The largest absolute Gasteiger partial charge is 0.396 e. The molecule has 4 N–H and O–H groups in total. The molecule has 0 spiro atoms. The predicted molar refractivity (Wildman–Crippen MR) is 59.3 cm³/mol. The monoisotopic (exact) mass is 205 g/mol. The first kappa shape index (κ1) is 10.1. The summed E-state index contributed by atoms with van der Waals surface area (Å²) >= 11 is 0. The summed E-state index contributed by atoms with van der Waals surface area (Å²) < 4.78 is 0. The van der Waals surface area contributed by atoms with Gasteiger partial charge in [-0.25, -0.2) is 4.98 Å². The highest BCUT2D eigenvalue weighted by atomic mass is 16.3. The van der Waals surface area contributed by atoms with Crippen LogP contribution in [0.2, 0.25) is 0 Å². The third-order valence-corrected chi connectivity index (χ3v) is 2.62. The maximum absolute atomic E-state index is 8.92. The van der Waals surface area contributed by atoms with Crippen LogP contribution in [0.3, 0.4) is 0 Å². The molecule has 4 nitrogen and oxygen atoms in total. The van der Waals surface area contributed by atoms with Gasteiger partial charge in [-0.3, -0.25) is 0 Å². The number of pyridine rings is 1. The second-order valence-corrected chi connectivity index (χ2v) is 4.00. The van der Waals surface area contributed by atoms with Crippen molar-refractivity contribution in [1.29, 1.82) is 0 Å². The van der Waals surface area contributed by atoms with Gasteiger partial charge >= 0.3 is 0 Å². The number of aromatic amines is 1. The highest BCUT2D eigenvalue weighted by molar-refractivity contribution is 5.74. The van der Waals surface area contributed by atoms with Crippen molar-refractivity contribution in [1.82, 2.24) is 9.97 Å². The molecule has 0 aliphatic rings. The third kappa shape index (κ3) is 1.86. The molecule has 2 rings (SSSR count). The molecule has 1 unspecified atom stereocenters. The van der Waals surface area contributed by atoms with Crippen LogP contribution in [0.15, 0.2) is 24.4 Å². The number of nitrogens with one attached hydrogen (secondary N) is 1. The number of rotatable bonds is 3. The summed E-state index contributed by atoms with van der Waals surface area (Å²) in [6.07, 6.45) is 2.36. The molecule has 15 heavy (non-hydrogen) atoms. The van der Waals surface area contributed by atoms with Crippen molar-refractivity contribution in [3.8, 4) is 0 Å². The van der Waals surface area contributed by atoms with Crippen molar-refractivity contribution < 1.29 is 5.11 Å². The molecule has 4 heteroatoms. The Morgan fingerprint density at radius 2 is 2.27 bits per heavy atom. The quantitative estimate of drug-likeness (QED) is 0.702. The standard InChI is InChI=1S/C11H15N3O/c1-11(12,5-7-15)10-3-2-8-9(14-10)4-6-13-8/h2-4,6,13,15H,5,7,12H2,1H3. The van der Waals surface area contributed by atoms with Gasteiger partial charge < -0.3 is 15.8 Å². The molecule has 80 valence electrons. The lowest BCUT2D eigenvalue weighted by Crippen LogP contribution is -2.34.